The van der Waals surface area contributed by atoms with Crippen LogP contribution in [0, 0.1) is 6.67 Å². The maximum absolute atomic E-state index is 11.9. The van der Waals surface area contributed by atoms with E-state index in [9.17, 15) is 26.3 Å². The molecule has 3 atom stereocenters. The Morgan fingerprint density at radius 3 is 1.55 bits per heavy atom. The van der Waals surface area contributed by atoms with Gasteiger partial charge in [0, 0.05) is 0 Å². The fraction of sp³-hybridized carbons (Fsp3) is 0.800. The van der Waals surface area contributed by atoms with Gasteiger partial charge in [0.1, 0.15) is 0 Å². The second-order valence-corrected chi connectivity index (χ2v) is 1.79. The zero-order valence-electron chi connectivity index (χ0n) is 5.15. The van der Waals surface area contributed by atoms with E-state index < -0.39 is 31.6 Å². The Balaban J connectivity index is 3.90. The lowest BCUT2D eigenvalue weighted by Crippen LogP contribution is -2.32. The van der Waals surface area contributed by atoms with Gasteiger partial charge >= 0.3 is 0 Å². The fourth-order valence-corrected chi connectivity index (χ4v) is 0.384. The summed E-state index contributed by atoms with van der Waals surface area (Å²) in [5.74, 6) is 0. The van der Waals surface area contributed by atoms with Gasteiger partial charge in [-0.25, -0.2) is 26.3 Å². The smallest absolute Gasteiger partial charge is 0.241 e. The Morgan fingerprint density at radius 1 is 0.818 bits per heavy atom. The van der Waals surface area contributed by atoms with Crippen molar-refractivity contribution in [2.24, 2.45) is 0 Å². The zero-order valence-corrected chi connectivity index (χ0v) is 5.15. The van der Waals surface area contributed by atoms with Crippen molar-refractivity contribution in [3.8, 4) is 0 Å². The van der Waals surface area contributed by atoms with Gasteiger partial charge in [-0.1, -0.05) is 0 Å². The molecular weight excluding hydrogens is 174 g/mol. The Labute approximate surface area is 59.2 Å². The van der Waals surface area contributed by atoms with Crippen molar-refractivity contribution < 1.29 is 26.3 Å². The van der Waals surface area contributed by atoms with Crippen LogP contribution in [0.15, 0.2) is 0 Å². The molecule has 6 heteroatoms. The van der Waals surface area contributed by atoms with Crippen LogP contribution in [0.3, 0.4) is 0 Å². The Hall–Kier alpha value is -0.420. The van der Waals surface area contributed by atoms with E-state index in [1.807, 2.05) is 0 Å². The molecule has 3 unspecified atom stereocenters. The maximum Gasteiger partial charge on any atom is 0.272 e. The van der Waals surface area contributed by atoms with Crippen LogP contribution >= 0.6 is 0 Å². The number of halogens is 6. The third kappa shape index (κ3) is 2.98. The van der Waals surface area contributed by atoms with E-state index in [4.69, 9.17) is 0 Å². The molecule has 0 aromatic heterocycles. The molecule has 0 aliphatic carbocycles. The minimum Gasteiger partial charge on any atom is -0.241 e. The first-order chi connectivity index (χ1) is 5.00. The van der Waals surface area contributed by atoms with Crippen molar-refractivity contribution in [3.63, 3.8) is 0 Å². The largest absolute Gasteiger partial charge is 0.272 e. The average Bonchev–Trinajstić information content (AvgIpc) is 2.00. The summed E-state index contributed by atoms with van der Waals surface area (Å²) in [7, 11) is 0. The number of hydrogen-bond donors (Lipinski definition) is 0. The van der Waals surface area contributed by atoms with Crippen molar-refractivity contribution in [2.75, 3.05) is 0 Å². The van der Waals surface area contributed by atoms with E-state index in [0.29, 0.717) is 0 Å². The zero-order chi connectivity index (χ0) is 9.02. The first-order valence-electron chi connectivity index (χ1n) is 2.64. The molecule has 0 rings (SSSR count). The summed E-state index contributed by atoms with van der Waals surface area (Å²) in [5, 5.41) is 0. The molecule has 0 amide bonds. The average molecular weight is 179 g/mol. The third-order valence-corrected chi connectivity index (χ3v) is 0.969. The molecule has 1 radical (unpaired) electrons. The molecule has 0 aromatic carbocycles. The molecular formula is C5H5F6. The normalized spacial score (nSPS) is 19.9. The van der Waals surface area contributed by atoms with E-state index in [-0.39, 0.29) is 0 Å². The van der Waals surface area contributed by atoms with Crippen LogP contribution in [0.2, 0.25) is 0 Å². The number of hydrogen-bond acceptors (Lipinski definition) is 0. The van der Waals surface area contributed by atoms with Gasteiger partial charge in [0.15, 0.2) is 25.2 Å². The number of alkyl halides is 5. The topological polar surface area (TPSA) is 0 Å². The van der Waals surface area contributed by atoms with Crippen LogP contribution in [-0.2, 0) is 0 Å². The van der Waals surface area contributed by atoms with Crippen molar-refractivity contribution in [1.29, 1.82) is 0 Å². The van der Waals surface area contributed by atoms with Crippen LogP contribution in [0.4, 0.5) is 26.3 Å². The quantitative estimate of drug-likeness (QED) is 0.581. The molecule has 0 spiro atoms. The molecule has 67 valence electrons. The molecule has 0 aliphatic rings. The molecule has 0 N–H and O–H groups in total. The molecule has 0 bridgehead atoms. The van der Waals surface area contributed by atoms with Crippen molar-refractivity contribution in [1.82, 2.24) is 0 Å². The van der Waals surface area contributed by atoms with Crippen LogP contribution in [0.1, 0.15) is 0 Å². The van der Waals surface area contributed by atoms with Crippen molar-refractivity contribution in [3.05, 3.63) is 6.67 Å². The monoisotopic (exact) mass is 179 g/mol. The first kappa shape index (κ1) is 10.6. The summed E-state index contributed by atoms with van der Waals surface area (Å²) in [6, 6.07) is 0. The molecule has 0 saturated heterocycles. The highest BCUT2D eigenvalue weighted by Gasteiger charge is 2.36. The van der Waals surface area contributed by atoms with Gasteiger partial charge in [-0.15, -0.1) is 0 Å². The van der Waals surface area contributed by atoms with Gasteiger partial charge in [-0.2, -0.15) is 0 Å². The van der Waals surface area contributed by atoms with E-state index in [0.717, 1.165) is 0 Å². The Morgan fingerprint density at radius 2 is 1.27 bits per heavy atom. The lowest BCUT2D eigenvalue weighted by Gasteiger charge is -2.13. The summed E-state index contributed by atoms with van der Waals surface area (Å²) in [4.78, 5) is 0. The standard InChI is InChI=1S/C5H5F6/c6-1-2(7)3(8)4(9)5(10)11/h1-5H. The second-order valence-electron chi connectivity index (χ2n) is 1.79. The summed E-state index contributed by atoms with van der Waals surface area (Å²) in [6.45, 7) is -0.806. The van der Waals surface area contributed by atoms with Crippen molar-refractivity contribution >= 4 is 0 Å². The van der Waals surface area contributed by atoms with E-state index >= 15 is 0 Å². The van der Waals surface area contributed by atoms with Crippen LogP contribution in [-0.4, -0.2) is 24.9 Å². The Kier molecular flexibility index (Phi) is 4.29. The van der Waals surface area contributed by atoms with Gasteiger partial charge in [0.05, 0.1) is 0 Å². The fourth-order valence-electron chi connectivity index (χ4n) is 0.384. The third-order valence-electron chi connectivity index (χ3n) is 0.969. The number of rotatable bonds is 4. The SMILES string of the molecule is F[CH]C(F)C(F)C(F)C(F)F. The molecule has 0 saturated carbocycles. The van der Waals surface area contributed by atoms with Gasteiger partial charge in [0.2, 0.25) is 0 Å². The van der Waals surface area contributed by atoms with E-state index in [1.54, 1.807) is 0 Å². The van der Waals surface area contributed by atoms with Crippen LogP contribution < -0.4 is 0 Å². The predicted octanol–water partition coefficient (Wildman–Crippen LogP) is 2.40. The molecule has 0 fully saturated rings. The minimum absolute atomic E-state index is 0.806. The first-order valence-corrected chi connectivity index (χ1v) is 2.64. The van der Waals surface area contributed by atoms with Gasteiger partial charge in [-0.05, 0) is 0 Å². The summed E-state index contributed by atoms with van der Waals surface area (Å²) in [6.07, 6.45) is -13.0. The van der Waals surface area contributed by atoms with E-state index in [1.165, 1.54) is 0 Å². The summed E-state index contributed by atoms with van der Waals surface area (Å²) >= 11 is 0. The van der Waals surface area contributed by atoms with Crippen molar-refractivity contribution in [2.45, 2.75) is 24.9 Å². The molecule has 0 aliphatic heterocycles. The Bertz CT molecular complexity index is 105. The minimum atomic E-state index is -3.64. The molecule has 0 heterocycles. The van der Waals surface area contributed by atoms with Crippen LogP contribution in [0.5, 0.6) is 0 Å². The molecule has 0 nitrogen and oxygen atoms in total. The highest BCUT2D eigenvalue weighted by Crippen LogP contribution is 2.19. The second kappa shape index (κ2) is 4.46. The summed E-state index contributed by atoms with van der Waals surface area (Å²) in [5.41, 5.74) is 0. The lowest BCUT2D eigenvalue weighted by molar-refractivity contribution is -0.0207. The van der Waals surface area contributed by atoms with Crippen LogP contribution in [0.25, 0.3) is 0 Å². The lowest BCUT2D eigenvalue weighted by atomic mass is 10.2. The van der Waals surface area contributed by atoms with Gasteiger partial charge in [-0.3, -0.25) is 0 Å². The summed E-state index contributed by atoms with van der Waals surface area (Å²) < 4.78 is 69.1. The predicted molar refractivity (Wildman–Crippen MR) is 26.1 cm³/mol. The highest BCUT2D eigenvalue weighted by molar-refractivity contribution is 4.82. The van der Waals surface area contributed by atoms with Gasteiger partial charge in [0.25, 0.3) is 6.43 Å². The highest BCUT2D eigenvalue weighted by atomic mass is 19.3. The maximum atomic E-state index is 11.9. The molecule has 11 heavy (non-hydrogen) atoms. The van der Waals surface area contributed by atoms with E-state index in [2.05, 4.69) is 0 Å². The molecule has 0 aromatic rings. The van der Waals surface area contributed by atoms with Gasteiger partial charge < -0.3 is 0 Å².